The third kappa shape index (κ3) is 4.35. The van der Waals surface area contributed by atoms with Gasteiger partial charge in [0.15, 0.2) is 0 Å². The van der Waals surface area contributed by atoms with Crippen molar-refractivity contribution in [1.29, 1.82) is 0 Å². The first-order valence-electron chi connectivity index (χ1n) is 9.65. The highest BCUT2D eigenvalue weighted by molar-refractivity contribution is 5.92. The highest BCUT2D eigenvalue weighted by atomic mass is 16.5. The molecule has 0 saturated heterocycles. The molecule has 0 heterocycles. The van der Waals surface area contributed by atoms with E-state index in [2.05, 4.69) is 53.7 Å². The Morgan fingerprint density at radius 3 is 1.78 bits per heavy atom. The second kappa shape index (κ2) is 8.60. The molecule has 0 aliphatic carbocycles. The number of benzene rings is 2. The maximum absolute atomic E-state index is 12.1. The van der Waals surface area contributed by atoms with Gasteiger partial charge in [-0.05, 0) is 58.2 Å². The van der Waals surface area contributed by atoms with Crippen molar-refractivity contribution in [3.8, 4) is 16.9 Å². The fraction of sp³-hybridized carbons (Fsp3) is 0.458. The minimum atomic E-state index is -0.338. The summed E-state index contributed by atoms with van der Waals surface area (Å²) < 4.78 is 10.6. The molecular formula is C24H32O3. The molecule has 146 valence electrons. The van der Waals surface area contributed by atoms with E-state index in [9.17, 15) is 4.79 Å². The first kappa shape index (κ1) is 21.0. The highest BCUT2D eigenvalue weighted by Gasteiger charge is 2.22. The molecule has 0 aliphatic heterocycles. The van der Waals surface area contributed by atoms with Crippen molar-refractivity contribution in [2.75, 3.05) is 14.2 Å². The van der Waals surface area contributed by atoms with Gasteiger partial charge in [0.25, 0.3) is 0 Å². The van der Waals surface area contributed by atoms with E-state index in [1.54, 1.807) is 13.2 Å². The summed E-state index contributed by atoms with van der Waals surface area (Å²) in [6.45, 7) is 13.3. The van der Waals surface area contributed by atoms with Crippen LogP contribution in [-0.2, 0) is 4.74 Å². The second-order valence-corrected chi connectivity index (χ2v) is 7.95. The molecule has 0 atom stereocenters. The van der Waals surface area contributed by atoms with Crippen LogP contribution in [0.1, 0.15) is 86.3 Å². The van der Waals surface area contributed by atoms with Gasteiger partial charge < -0.3 is 9.47 Å². The van der Waals surface area contributed by atoms with Gasteiger partial charge in [-0.1, -0.05) is 53.7 Å². The molecule has 3 nitrogen and oxygen atoms in total. The fourth-order valence-corrected chi connectivity index (χ4v) is 3.41. The van der Waals surface area contributed by atoms with Crippen LogP contribution >= 0.6 is 0 Å². The normalized spacial score (nSPS) is 11.4. The van der Waals surface area contributed by atoms with Crippen LogP contribution < -0.4 is 4.74 Å². The van der Waals surface area contributed by atoms with Crippen LogP contribution in [0.3, 0.4) is 0 Å². The first-order chi connectivity index (χ1) is 12.7. The molecule has 0 N–H and O–H groups in total. The predicted octanol–water partition coefficient (Wildman–Crippen LogP) is 6.52. The number of methoxy groups -OCH3 is 2. The number of rotatable bonds is 6. The van der Waals surface area contributed by atoms with Crippen LogP contribution in [0.25, 0.3) is 11.1 Å². The smallest absolute Gasteiger partial charge is 0.337 e. The number of carbonyl (C=O) groups is 1. The van der Waals surface area contributed by atoms with E-state index in [0.717, 1.165) is 11.3 Å². The van der Waals surface area contributed by atoms with E-state index >= 15 is 0 Å². The van der Waals surface area contributed by atoms with Crippen molar-refractivity contribution in [2.24, 2.45) is 0 Å². The number of hydrogen-bond donors (Lipinski definition) is 0. The third-order valence-electron chi connectivity index (χ3n) is 5.02. The lowest BCUT2D eigenvalue weighted by atomic mass is 9.81. The molecule has 0 amide bonds. The zero-order valence-electron chi connectivity index (χ0n) is 17.8. The Labute approximate surface area is 163 Å². The Kier molecular flexibility index (Phi) is 6.69. The van der Waals surface area contributed by atoms with Gasteiger partial charge in [-0.25, -0.2) is 4.79 Å². The Morgan fingerprint density at radius 1 is 0.815 bits per heavy atom. The van der Waals surface area contributed by atoms with E-state index < -0.39 is 0 Å². The zero-order chi connectivity index (χ0) is 20.3. The molecule has 0 aliphatic rings. The van der Waals surface area contributed by atoms with E-state index in [1.165, 1.54) is 29.4 Å². The zero-order valence-corrected chi connectivity index (χ0v) is 17.8. The van der Waals surface area contributed by atoms with E-state index in [-0.39, 0.29) is 5.97 Å². The Balaban J connectivity index is 2.89. The second-order valence-electron chi connectivity index (χ2n) is 7.95. The summed E-state index contributed by atoms with van der Waals surface area (Å²) in [6.07, 6.45) is 0. The summed E-state index contributed by atoms with van der Waals surface area (Å²) in [5.41, 5.74) is 6.56. The lowest BCUT2D eigenvalue weighted by Crippen LogP contribution is -2.06. The molecular weight excluding hydrogens is 336 g/mol. The van der Waals surface area contributed by atoms with Gasteiger partial charge >= 0.3 is 5.97 Å². The summed E-state index contributed by atoms with van der Waals surface area (Å²) in [7, 11) is 3.08. The molecule has 0 unspecified atom stereocenters. The van der Waals surface area contributed by atoms with Gasteiger partial charge in [-0.15, -0.1) is 0 Å². The number of ether oxygens (including phenoxy) is 2. The Hall–Kier alpha value is -2.29. The predicted molar refractivity (Wildman–Crippen MR) is 112 cm³/mol. The van der Waals surface area contributed by atoms with E-state index in [0.29, 0.717) is 23.3 Å². The van der Waals surface area contributed by atoms with Crippen LogP contribution in [0.4, 0.5) is 0 Å². The molecule has 0 bridgehead atoms. The third-order valence-corrected chi connectivity index (χ3v) is 5.02. The molecule has 2 aromatic carbocycles. The summed E-state index contributed by atoms with van der Waals surface area (Å²) in [4.78, 5) is 12.1. The van der Waals surface area contributed by atoms with Crippen molar-refractivity contribution in [1.82, 2.24) is 0 Å². The van der Waals surface area contributed by atoms with E-state index in [4.69, 9.17) is 9.47 Å². The van der Waals surface area contributed by atoms with Crippen LogP contribution in [0.15, 0.2) is 30.3 Å². The molecule has 0 radical (unpaired) electrons. The van der Waals surface area contributed by atoms with Gasteiger partial charge in [0.1, 0.15) is 5.75 Å². The van der Waals surface area contributed by atoms with Crippen LogP contribution in [0, 0.1) is 0 Å². The first-order valence-corrected chi connectivity index (χ1v) is 9.65. The van der Waals surface area contributed by atoms with Gasteiger partial charge in [-0.2, -0.15) is 0 Å². The maximum Gasteiger partial charge on any atom is 0.337 e. The van der Waals surface area contributed by atoms with Gasteiger partial charge in [0.05, 0.1) is 19.8 Å². The standard InChI is InChI=1S/C24H32O3/c1-14(2)18-12-19(15(3)4)23(20(13-18)16(5)6)21-11-17(24(25)27-8)9-10-22(21)26-7/h9-16H,1-8H3. The average molecular weight is 369 g/mol. The number of hydrogen-bond acceptors (Lipinski definition) is 3. The van der Waals surface area contributed by atoms with Gasteiger partial charge in [-0.3, -0.25) is 0 Å². The van der Waals surface area contributed by atoms with Gasteiger partial charge in [0, 0.05) is 5.56 Å². The van der Waals surface area contributed by atoms with E-state index in [1.807, 2.05) is 12.1 Å². The van der Waals surface area contributed by atoms with Crippen LogP contribution in [0.2, 0.25) is 0 Å². The van der Waals surface area contributed by atoms with Gasteiger partial charge in [0.2, 0.25) is 0 Å². The lowest BCUT2D eigenvalue weighted by Gasteiger charge is -2.24. The lowest BCUT2D eigenvalue weighted by molar-refractivity contribution is 0.0600. The summed E-state index contributed by atoms with van der Waals surface area (Å²) in [5, 5.41) is 0. The Morgan fingerprint density at radius 2 is 1.37 bits per heavy atom. The average Bonchev–Trinajstić information content (AvgIpc) is 2.65. The molecule has 2 rings (SSSR count). The summed E-state index contributed by atoms with van der Waals surface area (Å²) >= 11 is 0. The number of carbonyl (C=O) groups excluding carboxylic acids is 1. The summed E-state index contributed by atoms with van der Waals surface area (Å²) in [5.74, 6) is 1.58. The van der Waals surface area contributed by atoms with Crippen LogP contribution in [0.5, 0.6) is 5.75 Å². The van der Waals surface area contributed by atoms with Crippen molar-refractivity contribution in [2.45, 2.75) is 59.3 Å². The minimum Gasteiger partial charge on any atom is -0.496 e. The molecule has 0 saturated carbocycles. The van der Waals surface area contributed by atoms with Crippen molar-refractivity contribution >= 4 is 5.97 Å². The molecule has 2 aromatic rings. The minimum absolute atomic E-state index is 0.338. The monoisotopic (exact) mass is 368 g/mol. The largest absolute Gasteiger partial charge is 0.496 e. The fourth-order valence-electron chi connectivity index (χ4n) is 3.41. The Bertz CT molecular complexity index is 787. The topological polar surface area (TPSA) is 35.5 Å². The highest BCUT2D eigenvalue weighted by Crippen LogP contribution is 2.42. The van der Waals surface area contributed by atoms with Crippen molar-refractivity contribution in [3.63, 3.8) is 0 Å². The van der Waals surface area contributed by atoms with Crippen molar-refractivity contribution < 1.29 is 14.3 Å². The molecule has 0 fully saturated rings. The summed E-state index contributed by atoms with van der Waals surface area (Å²) in [6, 6.07) is 10.1. The molecule has 3 heteroatoms. The molecule has 27 heavy (non-hydrogen) atoms. The molecule has 0 spiro atoms. The maximum atomic E-state index is 12.1. The van der Waals surface area contributed by atoms with Crippen LogP contribution in [-0.4, -0.2) is 20.2 Å². The number of esters is 1. The SMILES string of the molecule is COC(=O)c1ccc(OC)c(-c2c(C(C)C)cc(C(C)C)cc2C(C)C)c1. The van der Waals surface area contributed by atoms with Crippen molar-refractivity contribution in [3.05, 3.63) is 52.6 Å². The quantitative estimate of drug-likeness (QED) is 0.545. The molecule has 0 aromatic heterocycles.